The third-order valence-corrected chi connectivity index (χ3v) is 5.36. The predicted octanol–water partition coefficient (Wildman–Crippen LogP) is 2.38. The van der Waals surface area contributed by atoms with Gasteiger partial charge in [-0.1, -0.05) is 6.42 Å². The van der Waals surface area contributed by atoms with Crippen molar-refractivity contribution in [1.29, 1.82) is 0 Å². The summed E-state index contributed by atoms with van der Waals surface area (Å²) in [4.78, 5) is 19.6. The van der Waals surface area contributed by atoms with Crippen molar-refractivity contribution in [3.63, 3.8) is 0 Å². The molecular formula is C17H21N5OS. The summed E-state index contributed by atoms with van der Waals surface area (Å²) in [5.74, 6) is 0. The summed E-state index contributed by atoms with van der Waals surface area (Å²) in [5, 5.41) is 9.64. The zero-order valence-corrected chi connectivity index (χ0v) is 14.6. The van der Waals surface area contributed by atoms with Crippen molar-refractivity contribution in [2.75, 3.05) is 7.05 Å². The summed E-state index contributed by atoms with van der Waals surface area (Å²) in [6.07, 6.45) is 7.79. The molecule has 1 aliphatic rings. The number of hydrogen-bond donors (Lipinski definition) is 1. The summed E-state index contributed by atoms with van der Waals surface area (Å²) in [7, 11) is 2.05. The molecule has 24 heavy (non-hydrogen) atoms. The lowest BCUT2D eigenvalue weighted by Gasteiger charge is -2.15. The van der Waals surface area contributed by atoms with Crippen molar-refractivity contribution in [3.05, 3.63) is 50.6 Å². The first kappa shape index (κ1) is 15.5. The second kappa shape index (κ2) is 6.49. The lowest BCUT2D eigenvalue weighted by molar-refractivity contribution is 0.310. The molecule has 6 nitrogen and oxygen atoms in total. The molecule has 1 N–H and O–H groups in total. The second-order valence-electron chi connectivity index (χ2n) is 6.50. The predicted molar refractivity (Wildman–Crippen MR) is 94.4 cm³/mol. The van der Waals surface area contributed by atoms with Gasteiger partial charge in [-0.05, 0) is 38.3 Å². The molecule has 3 aromatic rings. The topological polar surface area (TPSA) is 66.3 Å². The van der Waals surface area contributed by atoms with Crippen LogP contribution in [0.3, 0.4) is 0 Å². The van der Waals surface area contributed by atoms with E-state index in [1.165, 1.54) is 41.9 Å². The molecular weight excluding hydrogens is 322 g/mol. The molecule has 0 radical (unpaired) electrons. The monoisotopic (exact) mass is 343 g/mol. The first-order valence-corrected chi connectivity index (χ1v) is 9.28. The minimum absolute atomic E-state index is 0.0155. The zero-order chi connectivity index (χ0) is 16.5. The number of rotatable bonds is 4. The van der Waals surface area contributed by atoms with E-state index in [0.29, 0.717) is 6.54 Å². The fraction of sp³-hybridized carbons (Fsp3) is 0.471. The van der Waals surface area contributed by atoms with Crippen molar-refractivity contribution >= 4 is 16.3 Å². The van der Waals surface area contributed by atoms with Crippen molar-refractivity contribution in [3.8, 4) is 0 Å². The average molecular weight is 343 g/mol. The lowest BCUT2D eigenvalue weighted by atomic mass is 10.1. The van der Waals surface area contributed by atoms with Crippen molar-refractivity contribution < 1.29 is 0 Å². The molecule has 0 aliphatic heterocycles. The molecule has 0 saturated carbocycles. The number of fused-ring (bicyclic) bond motifs is 2. The van der Waals surface area contributed by atoms with E-state index >= 15 is 0 Å². The van der Waals surface area contributed by atoms with Gasteiger partial charge in [0.05, 0.1) is 11.4 Å². The van der Waals surface area contributed by atoms with Gasteiger partial charge in [-0.2, -0.15) is 5.10 Å². The van der Waals surface area contributed by atoms with E-state index in [4.69, 9.17) is 0 Å². The molecule has 0 aromatic carbocycles. The van der Waals surface area contributed by atoms with Crippen LogP contribution in [0.1, 0.15) is 41.9 Å². The molecule has 0 saturated heterocycles. The normalized spacial score (nSPS) is 14.9. The Kier molecular flexibility index (Phi) is 4.20. The Balaban J connectivity index is 1.51. The smallest absolute Gasteiger partial charge is 0.258 e. The maximum Gasteiger partial charge on any atom is 0.258 e. The zero-order valence-electron chi connectivity index (χ0n) is 13.8. The van der Waals surface area contributed by atoms with Gasteiger partial charge in [-0.15, -0.1) is 11.3 Å². The van der Waals surface area contributed by atoms with Crippen molar-refractivity contribution in [2.45, 2.75) is 45.2 Å². The minimum atomic E-state index is -0.0155. The van der Waals surface area contributed by atoms with E-state index in [-0.39, 0.29) is 5.56 Å². The second-order valence-corrected chi connectivity index (χ2v) is 7.37. The molecule has 0 fully saturated rings. The van der Waals surface area contributed by atoms with Crippen molar-refractivity contribution in [2.24, 2.45) is 0 Å². The van der Waals surface area contributed by atoms with Gasteiger partial charge in [-0.25, -0.2) is 4.98 Å². The van der Waals surface area contributed by atoms with Gasteiger partial charge in [0.1, 0.15) is 0 Å². The number of aromatic amines is 1. The number of thiazole rings is 1. The van der Waals surface area contributed by atoms with Crippen LogP contribution in [0.5, 0.6) is 0 Å². The number of H-pyrrole nitrogens is 1. The van der Waals surface area contributed by atoms with Crippen LogP contribution in [-0.4, -0.2) is 31.5 Å². The first-order chi connectivity index (χ1) is 11.7. The van der Waals surface area contributed by atoms with E-state index in [0.717, 1.165) is 35.7 Å². The molecule has 0 bridgehead atoms. The van der Waals surface area contributed by atoms with E-state index in [9.17, 15) is 4.79 Å². The highest BCUT2D eigenvalue weighted by atomic mass is 32.1. The summed E-state index contributed by atoms with van der Waals surface area (Å²) >= 11 is 1.49. The van der Waals surface area contributed by atoms with E-state index in [2.05, 4.69) is 27.1 Å². The van der Waals surface area contributed by atoms with Crippen LogP contribution in [0.2, 0.25) is 0 Å². The summed E-state index contributed by atoms with van der Waals surface area (Å²) in [6.45, 7) is 1.42. The first-order valence-electron chi connectivity index (χ1n) is 8.40. The fourth-order valence-corrected chi connectivity index (χ4v) is 4.15. The summed E-state index contributed by atoms with van der Waals surface area (Å²) < 4.78 is 1.59. The van der Waals surface area contributed by atoms with E-state index < -0.39 is 0 Å². The Labute approximate surface area is 144 Å². The molecule has 7 heteroatoms. The number of aromatic nitrogens is 4. The summed E-state index contributed by atoms with van der Waals surface area (Å²) in [6, 6.07) is 1.63. The SMILES string of the molecule is CN(Cc1cc(=O)n2ccsc2n1)Cc1n[nH]c2c1CCCCC2. The Morgan fingerprint density at radius 3 is 3.08 bits per heavy atom. The maximum absolute atomic E-state index is 12.1. The largest absolute Gasteiger partial charge is 0.295 e. The molecule has 3 heterocycles. The Morgan fingerprint density at radius 1 is 1.29 bits per heavy atom. The molecule has 0 amide bonds. The Morgan fingerprint density at radius 2 is 2.17 bits per heavy atom. The number of aryl methyl sites for hydroxylation is 1. The number of nitrogens with zero attached hydrogens (tertiary/aromatic N) is 4. The molecule has 4 rings (SSSR count). The molecule has 126 valence electrons. The van der Waals surface area contributed by atoms with Gasteiger partial charge in [0.15, 0.2) is 4.96 Å². The minimum Gasteiger partial charge on any atom is -0.295 e. The van der Waals surface area contributed by atoms with Crippen LogP contribution in [0.4, 0.5) is 0 Å². The molecule has 0 atom stereocenters. The van der Waals surface area contributed by atoms with Crippen LogP contribution in [0, 0.1) is 0 Å². The standard InChI is InChI=1S/C17H21N5OS/c1-21(10-12-9-16(23)22-7-8-24-17(22)18-12)11-15-13-5-3-2-4-6-14(13)19-20-15/h7-9H,2-6,10-11H2,1H3,(H,19,20). The number of hydrogen-bond acceptors (Lipinski definition) is 5. The highest BCUT2D eigenvalue weighted by Gasteiger charge is 2.17. The Hall–Kier alpha value is -1.99. The van der Waals surface area contributed by atoms with Gasteiger partial charge >= 0.3 is 0 Å². The molecule has 0 unspecified atom stereocenters. The van der Waals surface area contributed by atoms with Crippen LogP contribution < -0.4 is 5.56 Å². The van der Waals surface area contributed by atoms with Gasteiger partial charge in [-0.3, -0.25) is 19.2 Å². The van der Waals surface area contributed by atoms with Crippen LogP contribution in [0.15, 0.2) is 22.4 Å². The third-order valence-electron chi connectivity index (χ3n) is 4.60. The third kappa shape index (κ3) is 3.01. The van der Waals surface area contributed by atoms with Gasteiger partial charge in [0.25, 0.3) is 5.56 Å². The van der Waals surface area contributed by atoms with E-state index in [1.54, 1.807) is 16.7 Å². The van der Waals surface area contributed by atoms with Crippen LogP contribution in [0.25, 0.3) is 4.96 Å². The highest BCUT2D eigenvalue weighted by molar-refractivity contribution is 7.15. The molecule has 1 aliphatic carbocycles. The average Bonchev–Trinajstić information content (AvgIpc) is 3.09. The van der Waals surface area contributed by atoms with Gasteiger partial charge < -0.3 is 0 Å². The molecule has 0 spiro atoms. The van der Waals surface area contributed by atoms with Crippen LogP contribution in [-0.2, 0) is 25.9 Å². The maximum atomic E-state index is 12.1. The quantitative estimate of drug-likeness (QED) is 0.739. The number of nitrogens with one attached hydrogen (secondary N) is 1. The summed E-state index contributed by atoms with van der Waals surface area (Å²) in [5.41, 5.74) is 4.65. The lowest BCUT2D eigenvalue weighted by Crippen LogP contribution is -2.21. The van der Waals surface area contributed by atoms with Crippen LogP contribution >= 0.6 is 11.3 Å². The van der Waals surface area contributed by atoms with E-state index in [1.807, 2.05) is 5.38 Å². The molecule has 3 aromatic heterocycles. The van der Waals surface area contributed by atoms with Crippen molar-refractivity contribution in [1.82, 2.24) is 24.5 Å². The highest BCUT2D eigenvalue weighted by Crippen LogP contribution is 2.22. The van der Waals surface area contributed by atoms with Gasteiger partial charge in [0.2, 0.25) is 0 Å². The van der Waals surface area contributed by atoms with Gasteiger partial charge in [0, 0.05) is 36.4 Å². The fourth-order valence-electron chi connectivity index (χ4n) is 3.41. The Bertz CT molecular complexity index is 909.